The molecule has 1 heterocycles. The van der Waals surface area contributed by atoms with Gasteiger partial charge in [0.05, 0.1) is 10.2 Å². The van der Waals surface area contributed by atoms with E-state index in [-0.39, 0.29) is 5.91 Å². The number of nitrogens with two attached hydrogens (primary N) is 1. The van der Waals surface area contributed by atoms with Crippen molar-refractivity contribution in [1.29, 1.82) is 0 Å². The number of aromatic nitrogens is 1. The second kappa shape index (κ2) is 5.75. The average Bonchev–Trinajstić information content (AvgIpc) is 2.91. The van der Waals surface area contributed by atoms with Crippen LogP contribution in [-0.4, -0.2) is 17.9 Å². The zero-order chi connectivity index (χ0) is 14.8. The van der Waals surface area contributed by atoms with Gasteiger partial charge in [-0.15, -0.1) is 11.3 Å². The molecule has 0 fully saturated rings. The summed E-state index contributed by atoms with van der Waals surface area (Å²) in [6.07, 6.45) is 0. The van der Waals surface area contributed by atoms with E-state index in [9.17, 15) is 4.79 Å². The molecule has 6 heteroatoms. The molecule has 0 aliphatic rings. The number of para-hydroxylation sites is 1. The van der Waals surface area contributed by atoms with Crippen molar-refractivity contribution < 1.29 is 4.79 Å². The number of nitrogen functional groups attached to an aromatic ring is 1. The van der Waals surface area contributed by atoms with Gasteiger partial charge >= 0.3 is 0 Å². The van der Waals surface area contributed by atoms with E-state index in [2.05, 4.69) is 10.3 Å². The van der Waals surface area contributed by atoms with Crippen LogP contribution in [0.4, 0.5) is 5.69 Å². The summed E-state index contributed by atoms with van der Waals surface area (Å²) >= 11 is 3.10. The van der Waals surface area contributed by atoms with Crippen LogP contribution in [0, 0.1) is 0 Å². The lowest BCUT2D eigenvalue weighted by Gasteiger charge is -2.06. The summed E-state index contributed by atoms with van der Waals surface area (Å²) in [5.74, 6) is -0.124. The summed E-state index contributed by atoms with van der Waals surface area (Å²) in [6, 6.07) is 13.3. The van der Waals surface area contributed by atoms with Gasteiger partial charge in [-0.3, -0.25) is 4.79 Å². The Bertz CT molecular complexity index is 781. The maximum absolute atomic E-state index is 11.7. The highest BCUT2D eigenvalue weighted by Gasteiger charge is 2.11. The molecule has 0 spiro atoms. The Morgan fingerprint density at radius 2 is 2.10 bits per heavy atom. The Balaban J connectivity index is 1.94. The van der Waals surface area contributed by atoms with Crippen LogP contribution in [0.3, 0.4) is 0 Å². The lowest BCUT2D eigenvalue weighted by Crippen LogP contribution is -2.17. The number of rotatable bonds is 3. The molecule has 0 bridgehead atoms. The van der Waals surface area contributed by atoms with Gasteiger partial charge in [0.25, 0.3) is 5.91 Å². The predicted octanol–water partition coefficient (Wildman–Crippen LogP) is 3.39. The number of anilines is 1. The zero-order valence-corrected chi connectivity index (χ0v) is 12.9. The van der Waals surface area contributed by atoms with Crippen LogP contribution < -0.4 is 11.1 Å². The molecule has 0 unspecified atom stereocenters. The molecule has 0 radical (unpaired) electrons. The topological polar surface area (TPSA) is 68.0 Å². The molecule has 0 aliphatic heterocycles. The fraction of sp³-hybridized carbons (Fsp3) is 0.0667. The first-order chi connectivity index (χ1) is 10.2. The number of hydrogen-bond acceptors (Lipinski definition) is 5. The Labute approximate surface area is 130 Å². The third-order valence-corrected chi connectivity index (χ3v) is 5.14. The molecule has 3 N–H and O–H groups in total. The van der Waals surface area contributed by atoms with Crippen LogP contribution in [-0.2, 0) is 0 Å². The summed E-state index contributed by atoms with van der Waals surface area (Å²) < 4.78 is 2.05. The maximum atomic E-state index is 11.7. The van der Waals surface area contributed by atoms with E-state index in [0.717, 1.165) is 19.5 Å². The molecule has 0 saturated carbocycles. The quantitative estimate of drug-likeness (QED) is 0.727. The lowest BCUT2D eigenvalue weighted by atomic mass is 10.2. The van der Waals surface area contributed by atoms with Crippen LogP contribution >= 0.6 is 23.1 Å². The van der Waals surface area contributed by atoms with Gasteiger partial charge in [0.2, 0.25) is 0 Å². The summed E-state index contributed by atoms with van der Waals surface area (Å²) in [4.78, 5) is 17.1. The first-order valence-corrected chi connectivity index (χ1v) is 7.95. The number of hydrogen-bond donors (Lipinski definition) is 2. The van der Waals surface area contributed by atoms with Crippen molar-refractivity contribution in [3.8, 4) is 0 Å². The third-order valence-electron chi connectivity index (χ3n) is 2.97. The van der Waals surface area contributed by atoms with Gasteiger partial charge in [-0.25, -0.2) is 4.98 Å². The minimum atomic E-state index is -0.124. The Morgan fingerprint density at radius 3 is 2.86 bits per heavy atom. The van der Waals surface area contributed by atoms with Gasteiger partial charge in [0.1, 0.15) is 0 Å². The number of nitrogens with zero attached hydrogens (tertiary/aromatic N) is 1. The minimum Gasteiger partial charge on any atom is -0.398 e. The molecule has 2 aromatic carbocycles. The van der Waals surface area contributed by atoms with Crippen LogP contribution in [0.5, 0.6) is 0 Å². The smallest absolute Gasteiger partial charge is 0.251 e. The van der Waals surface area contributed by atoms with Crippen LogP contribution in [0.1, 0.15) is 10.4 Å². The first-order valence-electron chi connectivity index (χ1n) is 6.32. The molecule has 106 valence electrons. The molecule has 1 aromatic heterocycles. The summed E-state index contributed by atoms with van der Waals surface area (Å²) in [6.45, 7) is 0. The summed E-state index contributed by atoms with van der Waals surface area (Å²) in [7, 11) is 1.61. The van der Waals surface area contributed by atoms with E-state index in [1.165, 1.54) is 11.8 Å². The second-order valence-electron chi connectivity index (χ2n) is 4.38. The van der Waals surface area contributed by atoms with Gasteiger partial charge in [-0.05, 0) is 30.3 Å². The van der Waals surface area contributed by atoms with E-state index in [0.29, 0.717) is 11.3 Å². The molecular formula is C15H13N3OS2. The van der Waals surface area contributed by atoms with E-state index in [1.54, 1.807) is 36.6 Å². The van der Waals surface area contributed by atoms with Crippen molar-refractivity contribution in [3.05, 3.63) is 48.0 Å². The van der Waals surface area contributed by atoms with Crippen molar-refractivity contribution in [2.45, 2.75) is 9.24 Å². The van der Waals surface area contributed by atoms with Crippen LogP contribution in [0.15, 0.2) is 51.7 Å². The highest BCUT2D eigenvalue weighted by Crippen LogP contribution is 2.37. The van der Waals surface area contributed by atoms with E-state index in [4.69, 9.17) is 5.73 Å². The van der Waals surface area contributed by atoms with Gasteiger partial charge < -0.3 is 11.1 Å². The number of fused-ring (bicyclic) bond motifs is 1. The fourth-order valence-electron chi connectivity index (χ4n) is 1.90. The Morgan fingerprint density at radius 1 is 1.29 bits per heavy atom. The molecule has 1 amide bonds. The highest BCUT2D eigenvalue weighted by molar-refractivity contribution is 8.01. The molecule has 21 heavy (non-hydrogen) atoms. The number of amides is 1. The van der Waals surface area contributed by atoms with Crippen molar-refractivity contribution in [1.82, 2.24) is 10.3 Å². The third kappa shape index (κ3) is 2.86. The molecule has 0 aliphatic carbocycles. The molecule has 3 rings (SSSR count). The van der Waals surface area contributed by atoms with Gasteiger partial charge in [0.15, 0.2) is 4.34 Å². The molecule has 3 aromatic rings. The first kappa shape index (κ1) is 13.9. The SMILES string of the molecule is CNC(=O)c1ccc(N)c(Sc2nc3ccccc3s2)c1. The maximum Gasteiger partial charge on any atom is 0.251 e. The van der Waals surface area contributed by atoms with Gasteiger partial charge in [-0.1, -0.05) is 23.9 Å². The number of nitrogens with one attached hydrogen (secondary N) is 1. The van der Waals surface area contributed by atoms with Crippen LogP contribution in [0.25, 0.3) is 10.2 Å². The Hall–Kier alpha value is -2.05. The predicted molar refractivity (Wildman–Crippen MR) is 88.0 cm³/mol. The van der Waals surface area contributed by atoms with Gasteiger partial charge in [0, 0.05) is 23.2 Å². The van der Waals surface area contributed by atoms with E-state index < -0.39 is 0 Å². The highest BCUT2D eigenvalue weighted by atomic mass is 32.2. The number of benzene rings is 2. The Kier molecular flexibility index (Phi) is 3.81. The second-order valence-corrected chi connectivity index (χ2v) is 6.70. The summed E-state index contributed by atoms with van der Waals surface area (Å²) in [5, 5.41) is 2.61. The lowest BCUT2D eigenvalue weighted by molar-refractivity contribution is 0.0963. The average molecular weight is 315 g/mol. The van der Waals surface area contributed by atoms with Crippen molar-refractivity contribution in [3.63, 3.8) is 0 Å². The summed E-state index contributed by atoms with van der Waals surface area (Å²) in [5.41, 5.74) is 8.21. The van der Waals surface area contributed by atoms with E-state index >= 15 is 0 Å². The van der Waals surface area contributed by atoms with Crippen LogP contribution in [0.2, 0.25) is 0 Å². The molecular weight excluding hydrogens is 302 g/mol. The van der Waals surface area contributed by atoms with Crippen molar-refractivity contribution in [2.24, 2.45) is 0 Å². The van der Waals surface area contributed by atoms with E-state index in [1.807, 2.05) is 24.3 Å². The largest absolute Gasteiger partial charge is 0.398 e. The minimum absolute atomic E-state index is 0.124. The number of thiazole rings is 1. The molecule has 0 atom stereocenters. The van der Waals surface area contributed by atoms with Crippen molar-refractivity contribution >= 4 is 44.9 Å². The molecule has 0 saturated heterocycles. The normalized spacial score (nSPS) is 10.7. The van der Waals surface area contributed by atoms with Gasteiger partial charge in [-0.2, -0.15) is 0 Å². The fourth-order valence-corrected chi connectivity index (χ4v) is 4.00. The number of carbonyl (C=O) groups excluding carboxylic acids is 1. The number of carbonyl (C=O) groups is 1. The zero-order valence-electron chi connectivity index (χ0n) is 11.3. The standard InChI is InChI=1S/C15H13N3OS2/c1-17-14(19)9-6-7-10(16)13(8-9)21-15-18-11-4-2-3-5-12(11)20-15/h2-8H,16H2,1H3,(H,17,19). The monoisotopic (exact) mass is 315 g/mol. The van der Waals surface area contributed by atoms with Crippen molar-refractivity contribution in [2.75, 3.05) is 12.8 Å². The molecule has 4 nitrogen and oxygen atoms in total.